The van der Waals surface area contributed by atoms with E-state index in [0.29, 0.717) is 5.92 Å². The van der Waals surface area contributed by atoms with Crippen LogP contribution in [0.15, 0.2) is 66.9 Å². The number of carbonyl (C=O) groups excluding carboxylic acids is 1. The Labute approximate surface area is 143 Å². The molecule has 0 fully saturated rings. The molecule has 4 nitrogen and oxygen atoms in total. The van der Waals surface area contributed by atoms with Crippen LogP contribution in [-0.4, -0.2) is 11.7 Å². The number of hydrogen-bond donors (Lipinski definition) is 3. The number of amidine groups is 1. The van der Waals surface area contributed by atoms with E-state index in [1.165, 1.54) is 11.6 Å². The molecule has 0 unspecified atom stereocenters. The van der Waals surface area contributed by atoms with Gasteiger partial charge in [-0.25, -0.2) is 0 Å². The molecule has 0 saturated carbocycles. The van der Waals surface area contributed by atoms with Crippen molar-refractivity contribution >= 4 is 17.4 Å². The van der Waals surface area contributed by atoms with Crippen LogP contribution in [0.4, 0.5) is 5.69 Å². The number of rotatable bonds is 6. The summed E-state index contributed by atoms with van der Waals surface area (Å²) < 4.78 is 0. The highest BCUT2D eigenvalue weighted by atomic mass is 16.1. The molecule has 0 aliphatic rings. The molecular weight excluding hydrogens is 298 g/mol. The monoisotopic (exact) mass is 321 g/mol. The molecule has 0 atom stereocenters. The summed E-state index contributed by atoms with van der Waals surface area (Å²) in [4.78, 5) is 12.0. The van der Waals surface area contributed by atoms with Gasteiger partial charge in [0.15, 0.2) is 0 Å². The molecule has 3 N–H and O–H groups in total. The molecule has 24 heavy (non-hydrogen) atoms. The smallest absolute Gasteiger partial charge is 0.229 e. The third kappa shape index (κ3) is 5.72. The van der Waals surface area contributed by atoms with Gasteiger partial charge in [0.2, 0.25) is 5.91 Å². The Morgan fingerprint density at radius 2 is 1.75 bits per heavy atom. The lowest BCUT2D eigenvalue weighted by Gasteiger charge is -2.07. The number of anilines is 1. The van der Waals surface area contributed by atoms with Gasteiger partial charge < -0.3 is 10.6 Å². The van der Waals surface area contributed by atoms with Gasteiger partial charge in [0.25, 0.3) is 0 Å². The van der Waals surface area contributed by atoms with Crippen LogP contribution in [0.2, 0.25) is 0 Å². The Morgan fingerprint density at radius 3 is 2.38 bits per heavy atom. The molecule has 2 aromatic carbocycles. The quantitative estimate of drug-likeness (QED) is 0.554. The summed E-state index contributed by atoms with van der Waals surface area (Å²) in [7, 11) is 0. The Bertz CT molecular complexity index is 703. The normalized spacial score (nSPS) is 10.8. The summed E-state index contributed by atoms with van der Waals surface area (Å²) in [6.07, 6.45) is 3.42. The topological polar surface area (TPSA) is 65.0 Å². The lowest BCUT2D eigenvalue weighted by atomic mass is 10.0. The number of nitrogens with one attached hydrogen (secondary N) is 3. The van der Waals surface area contributed by atoms with Gasteiger partial charge in [0.05, 0.1) is 6.42 Å². The van der Waals surface area contributed by atoms with E-state index in [1.807, 2.05) is 54.6 Å². The zero-order valence-electron chi connectivity index (χ0n) is 14.0. The molecule has 4 heteroatoms. The minimum atomic E-state index is -0.193. The Morgan fingerprint density at radius 1 is 1.08 bits per heavy atom. The zero-order valence-corrected chi connectivity index (χ0v) is 14.0. The maximum absolute atomic E-state index is 12.0. The van der Waals surface area contributed by atoms with Crippen molar-refractivity contribution in [3.05, 3.63) is 78.0 Å². The maximum Gasteiger partial charge on any atom is 0.229 e. The van der Waals surface area contributed by atoms with Crippen molar-refractivity contribution in [3.63, 3.8) is 0 Å². The van der Waals surface area contributed by atoms with Gasteiger partial charge in [-0.2, -0.15) is 0 Å². The lowest BCUT2D eigenvalue weighted by Crippen LogP contribution is -2.29. The van der Waals surface area contributed by atoms with Gasteiger partial charge in [-0.3, -0.25) is 10.2 Å². The van der Waals surface area contributed by atoms with Crippen molar-refractivity contribution in [2.45, 2.75) is 26.2 Å². The second kappa shape index (κ2) is 8.67. The molecule has 0 bridgehead atoms. The molecule has 124 valence electrons. The van der Waals surface area contributed by atoms with Crippen LogP contribution in [0.25, 0.3) is 0 Å². The predicted molar refractivity (Wildman–Crippen MR) is 99.3 cm³/mol. The second-order valence-electron chi connectivity index (χ2n) is 5.88. The van der Waals surface area contributed by atoms with E-state index in [0.717, 1.165) is 11.3 Å². The summed E-state index contributed by atoms with van der Waals surface area (Å²) >= 11 is 0. The van der Waals surface area contributed by atoms with Crippen molar-refractivity contribution in [2.24, 2.45) is 0 Å². The number of hydrogen-bond acceptors (Lipinski definition) is 3. The van der Waals surface area contributed by atoms with Crippen LogP contribution >= 0.6 is 0 Å². The summed E-state index contributed by atoms with van der Waals surface area (Å²) in [5.41, 5.74) is 3.12. The zero-order chi connectivity index (χ0) is 17.4. The SMILES string of the molecule is CC(C)c1ccc(CC(=O)NC(=N)/C=C\Nc2ccccc2)cc1. The largest absolute Gasteiger partial charge is 0.362 e. The molecule has 0 heterocycles. The number of para-hydroxylation sites is 1. The standard InChI is InChI=1S/C20H23N3O/c1-15(2)17-10-8-16(9-11-17)14-20(24)23-19(21)12-13-22-18-6-4-3-5-7-18/h3-13,15,22H,14H2,1-2H3,(H2,21,23,24)/b13-12-. The number of amides is 1. The molecule has 1 amide bonds. The molecule has 0 aliphatic heterocycles. The minimum absolute atomic E-state index is 0.0576. The van der Waals surface area contributed by atoms with Gasteiger partial charge in [-0.1, -0.05) is 56.3 Å². The van der Waals surface area contributed by atoms with Crippen LogP contribution < -0.4 is 10.6 Å². The first-order valence-corrected chi connectivity index (χ1v) is 8.00. The van der Waals surface area contributed by atoms with E-state index in [-0.39, 0.29) is 18.2 Å². The highest BCUT2D eigenvalue weighted by Gasteiger charge is 2.05. The predicted octanol–water partition coefficient (Wildman–Crippen LogP) is 4.07. The highest BCUT2D eigenvalue weighted by Crippen LogP contribution is 2.14. The van der Waals surface area contributed by atoms with Crippen LogP contribution in [0, 0.1) is 5.41 Å². The molecule has 0 spiro atoms. The molecule has 0 saturated heterocycles. The van der Waals surface area contributed by atoms with Gasteiger partial charge in [-0.05, 0) is 35.3 Å². The minimum Gasteiger partial charge on any atom is -0.362 e. The molecule has 0 aliphatic carbocycles. The van der Waals surface area contributed by atoms with Crippen molar-refractivity contribution < 1.29 is 4.79 Å². The second-order valence-corrected chi connectivity index (χ2v) is 5.88. The summed E-state index contributed by atoms with van der Waals surface area (Å²) in [6, 6.07) is 17.6. The van der Waals surface area contributed by atoms with E-state index in [4.69, 9.17) is 5.41 Å². The van der Waals surface area contributed by atoms with E-state index in [2.05, 4.69) is 24.5 Å². The Hall–Kier alpha value is -2.88. The van der Waals surface area contributed by atoms with E-state index in [1.54, 1.807) is 6.20 Å². The fourth-order valence-corrected chi connectivity index (χ4v) is 2.20. The van der Waals surface area contributed by atoms with E-state index < -0.39 is 0 Å². The first kappa shape index (κ1) is 17.5. The first-order chi connectivity index (χ1) is 11.5. The highest BCUT2D eigenvalue weighted by molar-refractivity contribution is 6.03. The first-order valence-electron chi connectivity index (χ1n) is 8.00. The summed E-state index contributed by atoms with van der Waals surface area (Å²) in [5, 5.41) is 13.4. The molecule has 0 aromatic heterocycles. The van der Waals surface area contributed by atoms with Crippen LogP contribution in [0.1, 0.15) is 30.9 Å². The molecule has 2 rings (SSSR count). The van der Waals surface area contributed by atoms with Crippen molar-refractivity contribution in [1.29, 1.82) is 5.41 Å². The van der Waals surface area contributed by atoms with Gasteiger partial charge in [0, 0.05) is 11.9 Å². The number of carbonyl (C=O) groups is 1. The average Bonchev–Trinajstić information content (AvgIpc) is 2.56. The third-order valence-corrected chi connectivity index (χ3v) is 3.56. The summed E-state index contributed by atoms with van der Waals surface area (Å²) in [6.45, 7) is 4.28. The van der Waals surface area contributed by atoms with Crippen LogP contribution in [0.3, 0.4) is 0 Å². The van der Waals surface area contributed by atoms with E-state index in [9.17, 15) is 4.79 Å². The van der Waals surface area contributed by atoms with Crippen molar-refractivity contribution in [3.8, 4) is 0 Å². The van der Waals surface area contributed by atoms with Crippen LogP contribution in [0.5, 0.6) is 0 Å². The van der Waals surface area contributed by atoms with Crippen molar-refractivity contribution in [2.75, 3.05) is 5.32 Å². The maximum atomic E-state index is 12.0. The molecule has 2 aromatic rings. The summed E-state index contributed by atoms with van der Waals surface area (Å²) in [5.74, 6) is 0.340. The Kier molecular flexibility index (Phi) is 6.32. The Balaban J connectivity index is 1.80. The van der Waals surface area contributed by atoms with Gasteiger partial charge in [-0.15, -0.1) is 0 Å². The van der Waals surface area contributed by atoms with Gasteiger partial charge in [0.1, 0.15) is 5.84 Å². The third-order valence-electron chi connectivity index (χ3n) is 3.56. The van der Waals surface area contributed by atoms with Crippen molar-refractivity contribution in [1.82, 2.24) is 5.32 Å². The number of benzene rings is 2. The van der Waals surface area contributed by atoms with Crippen LogP contribution in [-0.2, 0) is 11.2 Å². The fourth-order valence-electron chi connectivity index (χ4n) is 2.20. The molecular formula is C20H23N3O. The fraction of sp³-hybridized carbons (Fsp3) is 0.200. The van der Waals surface area contributed by atoms with Gasteiger partial charge >= 0.3 is 0 Å². The molecule has 0 radical (unpaired) electrons. The van der Waals surface area contributed by atoms with E-state index >= 15 is 0 Å². The lowest BCUT2D eigenvalue weighted by molar-refractivity contribution is -0.119. The average molecular weight is 321 g/mol.